The van der Waals surface area contributed by atoms with Crippen LogP contribution in [0.5, 0.6) is 0 Å². The van der Waals surface area contributed by atoms with Crippen LogP contribution < -0.4 is 16.0 Å². The van der Waals surface area contributed by atoms with Gasteiger partial charge in [0.1, 0.15) is 17.6 Å². The van der Waals surface area contributed by atoms with E-state index in [1.807, 2.05) is 35.4 Å². The zero-order valence-corrected chi connectivity index (χ0v) is 29.5. The molecule has 0 aliphatic carbocycles. The average molecular weight is 727 g/mol. The van der Waals surface area contributed by atoms with E-state index >= 15 is 4.39 Å². The Labute approximate surface area is 309 Å². The number of rotatable bonds is 7. The molecule has 0 spiro atoms. The van der Waals surface area contributed by atoms with Gasteiger partial charge in [0, 0.05) is 61.8 Å². The lowest BCUT2D eigenvalue weighted by atomic mass is 10.0. The predicted molar refractivity (Wildman–Crippen MR) is 196 cm³/mol. The minimum Gasteiger partial charge on any atom is -0.340 e. The zero-order valence-electron chi connectivity index (χ0n) is 29.5. The van der Waals surface area contributed by atoms with E-state index in [2.05, 4.69) is 44.3 Å². The maximum Gasteiger partial charge on any atom is 0.270 e. The second kappa shape index (κ2) is 15.1. The van der Waals surface area contributed by atoms with Crippen LogP contribution in [0.2, 0.25) is 0 Å². The van der Waals surface area contributed by atoms with E-state index in [1.54, 1.807) is 25.3 Å². The van der Waals surface area contributed by atoms with Gasteiger partial charge < -0.3 is 20.1 Å². The minimum absolute atomic E-state index is 0.0375. The molecule has 1 atom stereocenters. The summed E-state index contributed by atoms with van der Waals surface area (Å²) in [7, 11) is 0. The van der Waals surface area contributed by atoms with Crippen LogP contribution in [-0.2, 0) is 33.9 Å². The van der Waals surface area contributed by atoms with Crippen molar-refractivity contribution in [3.05, 3.63) is 101 Å². The van der Waals surface area contributed by atoms with Crippen molar-refractivity contribution in [2.24, 2.45) is 0 Å². The number of pyridine rings is 2. The summed E-state index contributed by atoms with van der Waals surface area (Å²) >= 11 is 0. The summed E-state index contributed by atoms with van der Waals surface area (Å²) in [6.07, 6.45) is 4.34. The molecule has 0 bridgehead atoms. The number of nitrogens with zero attached hydrogens (tertiary/aromatic N) is 5. The third-order valence-corrected chi connectivity index (χ3v) is 9.51. The molecule has 0 radical (unpaired) electrons. The normalized spacial score (nSPS) is 15.2. The molecule has 14 heteroatoms. The number of nitrogens with one attached hydrogen (secondary N) is 3. The lowest BCUT2D eigenvalue weighted by Gasteiger charge is -2.28. The van der Waals surface area contributed by atoms with E-state index < -0.39 is 35.5 Å². The first-order valence-electron chi connectivity index (χ1n) is 17.5. The van der Waals surface area contributed by atoms with Crippen LogP contribution in [0.3, 0.4) is 0 Å². The Morgan fingerprint density at radius 1 is 1.02 bits per heavy atom. The number of carbonyl (C=O) groups is 5. The van der Waals surface area contributed by atoms with Gasteiger partial charge in [0.25, 0.3) is 11.8 Å². The summed E-state index contributed by atoms with van der Waals surface area (Å²) in [6.45, 7) is 5.42. The smallest absolute Gasteiger partial charge is 0.270 e. The van der Waals surface area contributed by atoms with Crippen LogP contribution in [0.15, 0.2) is 67.0 Å². The molecule has 3 N–H and O–H groups in total. The quantitative estimate of drug-likeness (QED) is 0.169. The highest BCUT2D eigenvalue weighted by Gasteiger charge is 2.29. The van der Waals surface area contributed by atoms with Gasteiger partial charge in [0.2, 0.25) is 17.7 Å². The molecule has 1 saturated heterocycles. The number of amides is 5. The molecule has 3 aromatic heterocycles. The highest BCUT2D eigenvalue weighted by Crippen LogP contribution is 2.34. The molecular weight excluding hydrogens is 691 g/mol. The summed E-state index contributed by atoms with van der Waals surface area (Å²) in [5, 5.41) is 9.11. The minimum atomic E-state index is -0.949. The summed E-state index contributed by atoms with van der Waals surface area (Å²) < 4.78 is 17.3. The molecule has 0 saturated carbocycles. The van der Waals surface area contributed by atoms with Gasteiger partial charge in [-0.1, -0.05) is 43.0 Å². The Balaban J connectivity index is 1.01. The molecule has 2 aromatic carbocycles. The van der Waals surface area contributed by atoms with Gasteiger partial charge in [-0.15, -0.1) is 0 Å². The molecule has 7 rings (SSSR count). The molecule has 2 aliphatic heterocycles. The van der Waals surface area contributed by atoms with Crippen LogP contribution in [0.1, 0.15) is 64.6 Å². The van der Waals surface area contributed by atoms with Crippen molar-refractivity contribution in [3.8, 4) is 34.4 Å². The lowest BCUT2D eigenvalue weighted by Crippen LogP contribution is -2.52. The lowest BCUT2D eigenvalue weighted by molar-refractivity contribution is -0.134. The molecule has 5 heterocycles. The Hall–Kier alpha value is -6.75. The zero-order chi connectivity index (χ0) is 37.9. The van der Waals surface area contributed by atoms with Crippen LogP contribution in [-0.4, -0.2) is 73.1 Å². The van der Waals surface area contributed by atoms with E-state index in [1.165, 1.54) is 18.2 Å². The van der Waals surface area contributed by atoms with Gasteiger partial charge in [-0.3, -0.25) is 39.3 Å². The maximum atomic E-state index is 15.1. The van der Waals surface area contributed by atoms with Gasteiger partial charge in [-0.25, -0.2) is 9.37 Å². The third-order valence-electron chi connectivity index (χ3n) is 9.51. The van der Waals surface area contributed by atoms with Crippen LogP contribution in [0.25, 0.3) is 33.3 Å². The number of hydrogen-bond acceptors (Lipinski definition) is 8. The summed E-state index contributed by atoms with van der Waals surface area (Å²) in [6, 6.07) is 14.5. The van der Waals surface area contributed by atoms with Crippen LogP contribution >= 0.6 is 0 Å². The molecular formula is C40H35FN8O5. The first-order valence-corrected chi connectivity index (χ1v) is 17.5. The fourth-order valence-corrected chi connectivity index (χ4v) is 6.64. The van der Waals surface area contributed by atoms with E-state index in [4.69, 9.17) is 9.97 Å². The number of fused-ring (bicyclic) bond motifs is 2. The summed E-state index contributed by atoms with van der Waals surface area (Å²) in [5.74, 6) is 3.10. The highest BCUT2D eigenvalue weighted by atomic mass is 19.1. The number of piperidine rings is 1. The van der Waals surface area contributed by atoms with E-state index in [0.29, 0.717) is 30.9 Å². The molecule has 13 nitrogen and oxygen atoms in total. The fraction of sp³-hybridized carbons (Fsp3) is 0.250. The Morgan fingerprint density at radius 2 is 1.85 bits per heavy atom. The second-order valence-electron chi connectivity index (χ2n) is 12.9. The molecule has 54 heavy (non-hydrogen) atoms. The summed E-state index contributed by atoms with van der Waals surface area (Å²) in [4.78, 5) is 76.9. The number of halogens is 1. The second-order valence-corrected chi connectivity index (χ2v) is 12.9. The molecule has 5 amide bonds. The van der Waals surface area contributed by atoms with Crippen molar-refractivity contribution < 1.29 is 28.4 Å². The summed E-state index contributed by atoms with van der Waals surface area (Å²) in [5.41, 5.74) is 3.98. The third kappa shape index (κ3) is 7.16. The largest absolute Gasteiger partial charge is 0.340 e. The Bertz CT molecular complexity index is 2410. The highest BCUT2D eigenvalue weighted by molar-refractivity contribution is 6.04. The SMILES string of the molecule is CCc1nc(-c2cccc3cc(-c4ccc(C(=O)NCC#Cc5cccc(C(=O)NC6CCC(=O)NC6=O)c5F)nc4)ncc23)c2n1CCN(C(C)=O)C2. The van der Waals surface area contributed by atoms with E-state index in [9.17, 15) is 24.0 Å². The van der Waals surface area contributed by atoms with Gasteiger partial charge in [0.15, 0.2) is 5.82 Å². The number of aromatic nitrogens is 4. The standard InChI is InChI=1S/C40H35FN8O5/c1-3-34-46-37(33-22-48(23(2)50)17-18-49(33)34)27-10-5-8-25-19-32(44-21-29(25)27)26-12-13-30(43-20-26)39(53)42-16-6-9-24-7-4-11-28(36(24)41)38(52)45-31-14-15-35(51)47-40(31)54/h4-5,7-8,10-13,19-21,31H,3,14-18,22H2,1-2H3,(H,42,53)(H,45,52)(H,47,51,54). The van der Waals surface area contributed by atoms with Crippen LogP contribution in [0, 0.1) is 17.7 Å². The number of carbonyl (C=O) groups excluding carboxylic acids is 5. The number of imide groups is 1. The Kier molecular flexibility index (Phi) is 9.95. The monoisotopic (exact) mass is 726 g/mol. The van der Waals surface area contributed by atoms with Gasteiger partial charge in [-0.2, -0.15) is 0 Å². The predicted octanol–water partition coefficient (Wildman–Crippen LogP) is 3.54. The van der Waals surface area contributed by atoms with Crippen molar-refractivity contribution in [2.75, 3.05) is 13.1 Å². The van der Waals surface area contributed by atoms with Crippen molar-refractivity contribution >= 4 is 40.3 Å². The van der Waals surface area contributed by atoms with Gasteiger partial charge >= 0.3 is 0 Å². The van der Waals surface area contributed by atoms with Crippen molar-refractivity contribution in [1.29, 1.82) is 0 Å². The number of hydrogen-bond donors (Lipinski definition) is 3. The molecule has 272 valence electrons. The maximum absolute atomic E-state index is 15.1. The fourth-order valence-electron chi connectivity index (χ4n) is 6.64. The molecule has 1 fully saturated rings. The van der Waals surface area contributed by atoms with E-state index in [-0.39, 0.29) is 42.1 Å². The van der Waals surface area contributed by atoms with Crippen molar-refractivity contribution in [2.45, 2.75) is 52.2 Å². The molecule has 1 unspecified atom stereocenters. The van der Waals surface area contributed by atoms with Gasteiger partial charge in [-0.05, 0) is 42.1 Å². The Morgan fingerprint density at radius 3 is 2.61 bits per heavy atom. The average Bonchev–Trinajstić information content (AvgIpc) is 3.55. The number of imidazole rings is 1. The van der Waals surface area contributed by atoms with E-state index in [0.717, 1.165) is 40.0 Å². The first kappa shape index (κ1) is 35.6. The number of aryl methyl sites for hydroxylation is 1. The van der Waals surface area contributed by atoms with Crippen molar-refractivity contribution in [1.82, 2.24) is 40.4 Å². The van der Waals surface area contributed by atoms with Gasteiger partial charge in [0.05, 0.1) is 41.3 Å². The molecule has 5 aromatic rings. The molecule has 2 aliphatic rings. The first-order chi connectivity index (χ1) is 26.1. The number of benzene rings is 2. The van der Waals surface area contributed by atoms with Crippen LogP contribution in [0.4, 0.5) is 4.39 Å². The van der Waals surface area contributed by atoms with Crippen molar-refractivity contribution in [3.63, 3.8) is 0 Å². The topological polar surface area (TPSA) is 168 Å².